The normalized spacial score (nSPS) is 58.8. The smallest absolute Gasteiger partial charge is 0.0594 e. The molecule has 0 amide bonds. The van der Waals surface area contributed by atoms with Crippen LogP contribution in [0.15, 0.2) is 12.2 Å². The molecule has 5 fully saturated rings. The fourth-order valence-corrected chi connectivity index (χ4v) is 11.5. The third-order valence-electron chi connectivity index (χ3n) is 13.4. The molecule has 0 aromatic carbocycles. The van der Waals surface area contributed by atoms with Gasteiger partial charge in [0.1, 0.15) is 0 Å². The van der Waals surface area contributed by atoms with E-state index in [0.29, 0.717) is 35.0 Å². The monoisotopic (exact) mass is 442 g/mol. The van der Waals surface area contributed by atoms with E-state index in [2.05, 4.69) is 55.0 Å². The van der Waals surface area contributed by atoms with E-state index in [9.17, 15) is 10.2 Å². The quantitative estimate of drug-likeness (QED) is 0.429. The Kier molecular flexibility index (Phi) is 5.02. The van der Waals surface area contributed by atoms with Crippen LogP contribution in [0.4, 0.5) is 0 Å². The van der Waals surface area contributed by atoms with Gasteiger partial charge in [0.25, 0.3) is 0 Å². The first-order valence-electron chi connectivity index (χ1n) is 13.7. The molecule has 2 N–H and O–H groups in total. The average molecular weight is 443 g/mol. The summed E-state index contributed by atoms with van der Waals surface area (Å²) in [4.78, 5) is 0. The molecule has 0 aromatic rings. The van der Waals surface area contributed by atoms with Crippen molar-refractivity contribution in [3.63, 3.8) is 0 Å². The van der Waals surface area contributed by atoms with Gasteiger partial charge in [-0.25, -0.2) is 0 Å². The first-order chi connectivity index (χ1) is 14.7. The van der Waals surface area contributed by atoms with Crippen LogP contribution in [0.2, 0.25) is 0 Å². The van der Waals surface area contributed by atoms with E-state index in [-0.39, 0.29) is 33.9 Å². The molecule has 11 atom stereocenters. The van der Waals surface area contributed by atoms with Gasteiger partial charge in [-0.05, 0) is 121 Å². The van der Waals surface area contributed by atoms with Crippen LogP contribution >= 0.6 is 0 Å². The van der Waals surface area contributed by atoms with Crippen LogP contribution in [0.3, 0.4) is 0 Å². The van der Waals surface area contributed by atoms with Gasteiger partial charge in [-0.1, -0.05) is 53.7 Å². The second-order valence-electron chi connectivity index (χ2n) is 14.9. The number of hydrogen-bond acceptors (Lipinski definition) is 2. The lowest BCUT2D eigenvalue weighted by atomic mass is 9.32. The Morgan fingerprint density at radius 2 is 1.50 bits per heavy atom. The molecule has 0 aliphatic heterocycles. The minimum atomic E-state index is -0.217. The number of fused-ring (bicyclic) bond motifs is 7. The molecule has 0 aromatic heterocycles. The SMILES string of the molecule is C=C(C)[C@@H]1CC[C@]2(C)CC[C@]3(C)[C@H](C[C@@H](O)[C@@H]4[C@@]5(C)CC[C@H](O)C(C)(C)[C@H]5CC[C@]43C)[C@@H]12. The van der Waals surface area contributed by atoms with Crippen molar-refractivity contribution in [1.29, 1.82) is 0 Å². The molecule has 0 saturated heterocycles. The lowest BCUT2D eigenvalue weighted by molar-refractivity contribution is -0.275. The van der Waals surface area contributed by atoms with Gasteiger partial charge in [-0.3, -0.25) is 0 Å². The molecule has 0 radical (unpaired) electrons. The minimum absolute atomic E-state index is 0.0621. The molecule has 0 unspecified atom stereocenters. The Morgan fingerprint density at radius 3 is 2.16 bits per heavy atom. The molecular weight excluding hydrogens is 392 g/mol. The van der Waals surface area contributed by atoms with Crippen LogP contribution in [0.5, 0.6) is 0 Å². The van der Waals surface area contributed by atoms with E-state index in [0.717, 1.165) is 19.3 Å². The summed E-state index contributed by atoms with van der Waals surface area (Å²) in [6.07, 6.45) is 10.2. The van der Waals surface area contributed by atoms with E-state index in [1.165, 1.54) is 44.1 Å². The van der Waals surface area contributed by atoms with Gasteiger partial charge in [-0.15, -0.1) is 0 Å². The largest absolute Gasteiger partial charge is 0.393 e. The molecule has 0 heterocycles. The maximum absolute atomic E-state index is 12.0. The minimum Gasteiger partial charge on any atom is -0.393 e. The highest BCUT2D eigenvalue weighted by Gasteiger charge is 2.72. The van der Waals surface area contributed by atoms with Crippen molar-refractivity contribution in [2.75, 3.05) is 0 Å². The Hall–Kier alpha value is -0.340. The lowest BCUT2D eigenvalue weighted by Gasteiger charge is -2.73. The highest BCUT2D eigenvalue weighted by molar-refractivity contribution is 5.22. The van der Waals surface area contributed by atoms with Crippen molar-refractivity contribution in [2.24, 2.45) is 56.7 Å². The molecule has 5 aliphatic rings. The van der Waals surface area contributed by atoms with Gasteiger partial charge in [-0.2, -0.15) is 0 Å². The average Bonchev–Trinajstić information content (AvgIpc) is 3.05. The Morgan fingerprint density at radius 1 is 0.812 bits per heavy atom. The fraction of sp³-hybridized carbons (Fsp3) is 0.933. The Labute approximate surface area is 197 Å². The zero-order valence-corrected chi connectivity index (χ0v) is 22.0. The van der Waals surface area contributed by atoms with Gasteiger partial charge in [0, 0.05) is 0 Å². The molecule has 182 valence electrons. The van der Waals surface area contributed by atoms with Crippen molar-refractivity contribution in [3.05, 3.63) is 12.2 Å². The molecule has 5 rings (SSSR count). The topological polar surface area (TPSA) is 40.5 Å². The summed E-state index contributed by atoms with van der Waals surface area (Å²) >= 11 is 0. The van der Waals surface area contributed by atoms with Crippen LogP contribution < -0.4 is 0 Å². The molecule has 2 nitrogen and oxygen atoms in total. The zero-order chi connectivity index (χ0) is 23.5. The highest BCUT2D eigenvalue weighted by atomic mass is 16.3. The van der Waals surface area contributed by atoms with Gasteiger partial charge in [0.05, 0.1) is 12.2 Å². The zero-order valence-electron chi connectivity index (χ0n) is 22.0. The van der Waals surface area contributed by atoms with Crippen LogP contribution in [0.1, 0.15) is 106 Å². The summed E-state index contributed by atoms with van der Waals surface area (Å²) in [6, 6.07) is 0. The van der Waals surface area contributed by atoms with Crippen molar-refractivity contribution in [1.82, 2.24) is 0 Å². The van der Waals surface area contributed by atoms with Gasteiger partial charge >= 0.3 is 0 Å². The van der Waals surface area contributed by atoms with E-state index in [1.807, 2.05) is 0 Å². The van der Waals surface area contributed by atoms with Crippen molar-refractivity contribution >= 4 is 0 Å². The lowest BCUT2D eigenvalue weighted by Crippen LogP contribution is -2.69. The predicted molar refractivity (Wildman–Crippen MR) is 132 cm³/mol. The summed E-state index contributed by atoms with van der Waals surface area (Å²) in [5, 5.41) is 22.9. The second-order valence-corrected chi connectivity index (χ2v) is 14.9. The Balaban J connectivity index is 1.59. The number of aliphatic hydroxyl groups excluding tert-OH is 2. The summed E-state index contributed by atoms with van der Waals surface area (Å²) in [5.41, 5.74) is 2.31. The van der Waals surface area contributed by atoms with Gasteiger partial charge < -0.3 is 10.2 Å². The predicted octanol–water partition coefficient (Wildman–Crippen LogP) is 7.00. The number of aliphatic hydroxyl groups is 2. The highest BCUT2D eigenvalue weighted by Crippen LogP contribution is 2.77. The molecular formula is C30H50O2. The first-order valence-corrected chi connectivity index (χ1v) is 13.7. The molecule has 5 aliphatic carbocycles. The Bertz CT molecular complexity index is 801. The van der Waals surface area contributed by atoms with E-state index in [4.69, 9.17) is 0 Å². The second kappa shape index (κ2) is 6.87. The van der Waals surface area contributed by atoms with Crippen LogP contribution in [0, 0.1) is 56.7 Å². The summed E-state index contributed by atoms with van der Waals surface area (Å²) < 4.78 is 0. The maximum Gasteiger partial charge on any atom is 0.0594 e. The number of rotatable bonds is 1. The van der Waals surface area contributed by atoms with E-state index in [1.54, 1.807) is 0 Å². The van der Waals surface area contributed by atoms with Crippen LogP contribution in [0.25, 0.3) is 0 Å². The fourth-order valence-electron chi connectivity index (χ4n) is 11.5. The third kappa shape index (κ3) is 2.66. The molecule has 2 heteroatoms. The van der Waals surface area contributed by atoms with E-state index >= 15 is 0 Å². The maximum atomic E-state index is 12.0. The van der Waals surface area contributed by atoms with Crippen molar-refractivity contribution in [3.8, 4) is 0 Å². The molecule has 0 bridgehead atoms. The summed E-state index contributed by atoms with van der Waals surface area (Å²) in [5.74, 6) is 2.75. The first kappa shape index (κ1) is 23.4. The third-order valence-corrected chi connectivity index (χ3v) is 13.4. The van der Waals surface area contributed by atoms with Gasteiger partial charge in [0.2, 0.25) is 0 Å². The van der Waals surface area contributed by atoms with Crippen LogP contribution in [-0.2, 0) is 0 Å². The van der Waals surface area contributed by atoms with Gasteiger partial charge in [0.15, 0.2) is 0 Å². The molecule has 32 heavy (non-hydrogen) atoms. The molecule has 5 saturated carbocycles. The summed E-state index contributed by atoms with van der Waals surface area (Å²) in [6.45, 7) is 21.6. The molecule has 0 spiro atoms. The standard InChI is InChI=1S/C30H50O2/c1-18(2)19-9-12-27(5)15-16-29(7)20(24(19)27)17-21(31)25-28(6)13-11-23(32)26(3,4)22(28)10-14-30(25,29)8/h19-25,31-32H,1,9-17H2,2-8H3/t19-,20+,21+,22+,23-,24+,25+,27+,28-,29+,30+/m0/s1. The van der Waals surface area contributed by atoms with E-state index < -0.39 is 0 Å². The van der Waals surface area contributed by atoms with Crippen LogP contribution in [-0.4, -0.2) is 22.4 Å². The van der Waals surface area contributed by atoms with Crippen molar-refractivity contribution in [2.45, 2.75) is 118 Å². The number of hydrogen-bond donors (Lipinski definition) is 2. The number of allylic oxidation sites excluding steroid dienone is 1. The summed E-state index contributed by atoms with van der Waals surface area (Å²) in [7, 11) is 0. The van der Waals surface area contributed by atoms with Crippen molar-refractivity contribution < 1.29 is 10.2 Å².